The summed E-state index contributed by atoms with van der Waals surface area (Å²) in [5.41, 5.74) is 3.26. The zero-order chi connectivity index (χ0) is 15.4. The first kappa shape index (κ1) is 16.2. The van der Waals surface area contributed by atoms with E-state index in [4.69, 9.17) is 0 Å². The van der Waals surface area contributed by atoms with Crippen molar-refractivity contribution in [3.63, 3.8) is 0 Å². The van der Waals surface area contributed by atoms with Crippen LogP contribution in [0.5, 0.6) is 0 Å². The van der Waals surface area contributed by atoms with Crippen LogP contribution in [-0.4, -0.2) is 0 Å². The molecule has 0 saturated heterocycles. The molecule has 0 aromatic heterocycles. The van der Waals surface area contributed by atoms with E-state index in [1.54, 1.807) is 6.08 Å². The molecular formula is C19H24FP. The highest BCUT2D eigenvalue weighted by Gasteiger charge is 2.19. The molecule has 1 atom stereocenters. The van der Waals surface area contributed by atoms with Gasteiger partial charge in [-0.15, -0.1) is 9.24 Å². The van der Waals surface area contributed by atoms with Crippen LogP contribution in [0, 0.1) is 5.92 Å². The van der Waals surface area contributed by atoms with Gasteiger partial charge in [0.05, 0.1) is 0 Å². The van der Waals surface area contributed by atoms with Crippen molar-refractivity contribution >= 4 is 14.8 Å². The van der Waals surface area contributed by atoms with Crippen LogP contribution in [0.25, 0.3) is 5.57 Å². The molecule has 0 radical (unpaired) electrons. The highest BCUT2D eigenvalue weighted by Crippen LogP contribution is 2.35. The first-order chi connectivity index (χ1) is 9.97. The molecule has 2 rings (SSSR count). The van der Waals surface area contributed by atoms with E-state index in [-0.39, 0.29) is 0 Å². The highest BCUT2D eigenvalue weighted by molar-refractivity contribution is 7.23. The van der Waals surface area contributed by atoms with Crippen LogP contribution in [0.1, 0.15) is 49.7 Å². The van der Waals surface area contributed by atoms with Crippen LogP contribution in [0.4, 0.5) is 4.39 Å². The smallest absolute Gasteiger partial charge is 0.123 e. The van der Waals surface area contributed by atoms with Gasteiger partial charge < -0.3 is 0 Å². The molecule has 0 nitrogen and oxygen atoms in total. The summed E-state index contributed by atoms with van der Waals surface area (Å²) in [7, 11) is 2.35. The van der Waals surface area contributed by atoms with E-state index in [1.165, 1.54) is 31.2 Å². The van der Waals surface area contributed by atoms with Crippen molar-refractivity contribution in [2.45, 2.75) is 38.5 Å². The predicted octanol–water partition coefficient (Wildman–Crippen LogP) is 6.24. The quantitative estimate of drug-likeness (QED) is 0.456. The van der Waals surface area contributed by atoms with E-state index in [1.807, 2.05) is 0 Å². The molecule has 0 amide bonds. The molecule has 1 fully saturated rings. The molecule has 1 aromatic rings. The second-order valence-electron chi connectivity index (χ2n) is 6.11. The zero-order valence-electron chi connectivity index (χ0n) is 12.7. The van der Waals surface area contributed by atoms with Gasteiger partial charge >= 0.3 is 0 Å². The third-order valence-corrected chi connectivity index (χ3v) is 4.89. The Bertz CT molecular complexity index is 545. The molecule has 0 spiro atoms. The fourth-order valence-corrected chi connectivity index (χ4v) is 3.11. The van der Waals surface area contributed by atoms with Gasteiger partial charge in [-0.1, -0.05) is 57.2 Å². The lowest BCUT2D eigenvalue weighted by Gasteiger charge is -2.26. The lowest BCUT2D eigenvalue weighted by atomic mass is 9.79. The molecule has 21 heavy (non-hydrogen) atoms. The first-order valence-corrected chi connectivity index (χ1v) is 8.16. The maximum atomic E-state index is 13.0. The summed E-state index contributed by atoms with van der Waals surface area (Å²) in [5, 5.41) is 0.449. The van der Waals surface area contributed by atoms with Crippen molar-refractivity contribution in [1.82, 2.24) is 0 Å². The first-order valence-electron chi connectivity index (χ1n) is 7.58. The molecule has 0 heterocycles. The van der Waals surface area contributed by atoms with Gasteiger partial charge in [-0.3, -0.25) is 0 Å². The molecule has 1 aliphatic rings. The van der Waals surface area contributed by atoms with Crippen molar-refractivity contribution in [3.8, 4) is 0 Å². The van der Waals surface area contributed by atoms with Gasteiger partial charge in [0.25, 0.3) is 0 Å². The van der Waals surface area contributed by atoms with Crippen LogP contribution < -0.4 is 0 Å². The summed E-state index contributed by atoms with van der Waals surface area (Å²) < 4.78 is 13.0. The Balaban J connectivity index is 2.07. The SMILES string of the molecule is C=C(F)/C(P)=C\C(=C)c1ccc(C2CCC(C)CC2)cc1. The molecule has 0 aliphatic heterocycles. The van der Waals surface area contributed by atoms with E-state index < -0.39 is 5.83 Å². The van der Waals surface area contributed by atoms with Crippen molar-refractivity contribution < 1.29 is 4.39 Å². The van der Waals surface area contributed by atoms with Gasteiger partial charge in [-0.25, -0.2) is 4.39 Å². The second-order valence-corrected chi connectivity index (χ2v) is 6.73. The van der Waals surface area contributed by atoms with Crippen LogP contribution in [-0.2, 0) is 0 Å². The Kier molecular flexibility index (Phi) is 5.53. The van der Waals surface area contributed by atoms with E-state index in [9.17, 15) is 4.39 Å². The summed E-state index contributed by atoms with van der Waals surface area (Å²) in [6, 6.07) is 8.57. The van der Waals surface area contributed by atoms with Crippen molar-refractivity contribution in [1.29, 1.82) is 0 Å². The summed E-state index contributed by atoms with van der Waals surface area (Å²) in [6.45, 7) is 9.63. The van der Waals surface area contributed by atoms with E-state index in [0.29, 0.717) is 11.2 Å². The molecule has 1 unspecified atom stereocenters. The second kappa shape index (κ2) is 7.18. The summed E-state index contributed by atoms with van der Waals surface area (Å²) in [4.78, 5) is 0. The monoisotopic (exact) mass is 302 g/mol. The van der Waals surface area contributed by atoms with Crippen molar-refractivity contribution in [3.05, 3.63) is 65.8 Å². The van der Waals surface area contributed by atoms with E-state index in [2.05, 4.69) is 53.6 Å². The zero-order valence-corrected chi connectivity index (χ0v) is 13.9. The van der Waals surface area contributed by atoms with Crippen LogP contribution >= 0.6 is 9.24 Å². The Hall–Kier alpha value is -1.20. The number of halogens is 1. The van der Waals surface area contributed by atoms with E-state index in [0.717, 1.165) is 17.1 Å². The third-order valence-electron chi connectivity index (χ3n) is 4.41. The van der Waals surface area contributed by atoms with Gasteiger partial charge in [0, 0.05) is 5.31 Å². The number of rotatable bonds is 4. The molecule has 1 aromatic carbocycles. The number of hydrogen-bond acceptors (Lipinski definition) is 0. The number of benzene rings is 1. The molecule has 0 N–H and O–H groups in total. The summed E-state index contributed by atoms with van der Waals surface area (Å²) >= 11 is 0. The lowest BCUT2D eigenvalue weighted by molar-refractivity contribution is 0.348. The average Bonchev–Trinajstić information content (AvgIpc) is 2.48. The Labute approximate surface area is 130 Å². The highest BCUT2D eigenvalue weighted by atomic mass is 31.0. The third kappa shape index (κ3) is 4.38. The Morgan fingerprint density at radius 2 is 1.71 bits per heavy atom. The van der Waals surface area contributed by atoms with Crippen LogP contribution in [0.3, 0.4) is 0 Å². The molecule has 1 aliphatic carbocycles. The molecule has 0 bridgehead atoms. The standard InChI is InChI=1S/C19H24FP/c1-13-4-6-17(7-5-13)18-10-8-16(9-11-18)14(2)12-19(21)15(3)20/h8-13,17H,2-7,21H2,1H3/b19-12+. The molecule has 112 valence electrons. The Morgan fingerprint density at radius 1 is 1.14 bits per heavy atom. The van der Waals surface area contributed by atoms with Gasteiger partial charge in [-0.05, 0) is 47.5 Å². The van der Waals surface area contributed by atoms with Crippen LogP contribution in [0.15, 0.2) is 54.6 Å². The Morgan fingerprint density at radius 3 is 2.24 bits per heavy atom. The van der Waals surface area contributed by atoms with Gasteiger partial charge in [-0.2, -0.15) is 0 Å². The van der Waals surface area contributed by atoms with Gasteiger partial charge in [0.2, 0.25) is 0 Å². The van der Waals surface area contributed by atoms with E-state index >= 15 is 0 Å². The number of hydrogen-bond donors (Lipinski definition) is 0. The largest absolute Gasteiger partial charge is 0.207 e. The summed E-state index contributed by atoms with van der Waals surface area (Å²) in [6.07, 6.45) is 6.95. The minimum Gasteiger partial charge on any atom is -0.207 e. The predicted molar refractivity (Wildman–Crippen MR) is 93.9 cm³/mol. The fourth-order valence-electron chi connectivity index (χ4n) is 2.91. The molecule has 2 heteroatoms. The molecule has 1 saturated carbocycles. The average molecular weight is 302 g/mol. The summed E-state index contributed by atoms with van der Waals surface area (Å²) in [5.74, 6) is 1.13. The fraction of sp³-hybridized carbons (Fsp3) is 0.368. The molecular weight excluding hydrogens is 278 g/mol. The normalized spacial score (nSPS) is 22.9. The number of allylic oxidation sites excluding steroid dienone is 4. The van der Waals surface area contributed by atoms with Gasteiger partial charge in [0.15, 0.2) is 0 Å². The maximum absolute atomic E-state index is 13.0. The maximum Gasteiger partial charge on any atom is 0.123 e. The van der Waals surface area contributed by atoms with Gasteiger partial charge in [0.1, 0.15) is 5.83 Å². The van der Waals surface area contributed by atoms with Crippen molar-refractivity contribution in [2.75, 3.05) is 0 Å². The van der Waals surface area contributed by atoms with Crippen molar-refractivity contribution in [2.24, 2.45) is 5.92 Å². The van der Waals surface area contributed by atoms with Crippen LogP contribution in [0.2, 0.25) is 0 Å². The topological polar surface area (TPSA) is 0 Å². The lowest BCUT2D eigenvalue weighted by Crippen LogP contribution is -2.10. The minimum atomic E-state index is -0.436. The minimum absolute atomic E-state index is 0.436.